The van der Waals surface area contributed by atoms with Crippen LogP contribution < -0.4 is 10.5 Å². The van der Waals surface area contributed by atoms with Crippen molar-refractivity contribution in [2.75, 3.05) is 13.2 Å². The second-order valence-electron chi connectivity index (χ2n) is 5.14. The van der Waals surface area contributed by atoms with Crippen LogP contribution in [0.3, 0.4) is 0 Å². The number of nitrogens with two attached hydrogens (primary N) is 1. The largest absolute Gasteiger partial charge is 0.494 e. The van der Waals surface area contributed by atoms with Gasteiger partial charge in [-0.05, 0) is 55.9 Å². The number of hydrogen-bond donors (Lipinski definition) is 1. The van der Waals surface area contributed by atoms with Crippen LogP contribution in [0.4, 0.5) is 0 Å². The Balaban J connectivity index is 2.12. The normalized spacial score (nSPS) is 16.9. The summed E-state index contributed by atoms with van der Waals surface area (Å²) in [5, 5.41) is 0. The Kier molecular flexibility index (Phi) is 5.01. The molecule has 4 heteroatoms. The Bertz CT molecular complexity index is 485. The van der Waals surface area contributed by atoms with Crippen LogP contribution in [0.5, 0.6) is 5.75 Å². The molecule has 0 aromatic heterocycles. The Morgan fingerprint density at radius 3 is 2.80 bits per heavy atom. The average Bonchev–Trinajstić information content (AvgIpc) is 2.78. The summed E-state index contributed by atoms with van der Waals surface area (Å²) in [5.41, 5.74) is 9.65. The molecule has 0 bridgehead atoms. The molecule has 2 rings (SSSR count). The molecule has 1 aromatic carbocycles. The van der Waals surface area contributed by atoms with Crippen molar-refractivity contribution >= 4 is 5.97 Å². The van der Waals surface area contributed by atoms with E-state index in [9.17, 15) is 4.79 Å². The highest BCUT2D eigenvalue weighted by atomic mass is 16.5. The molecule has 0 radical (unpaired) electrons. The molecule has 110 valence electrons. The van der Waals surface area contributed by atoms with Gasteiger partial charge >= 0.3 is 5.97 Å². The third kappa shape index (κ3) is 3.51. The lowest BCUT2D eigenvalue weighted by atomic mass is 10.0. The summed E-state index contributed by atoms with van der Waals surface area (Å²) >= 11 is 0. The van der Waals surface area contributed by atoms with Crippen molar-refractivity contribution in [3.8, 4) is 5.75 Å². The number of hydrogen-bond acceptors (Lipinski definition) is 4. The van der Waals surface area contributed by atoms with Crippen molar-refractivity contribution < 1.29 is 14.3 Å². The van der Waals surface area contributed by atoms with Crippen molar-refractivity contribution in [3.05, 3.63) is 28.8 Å². The van der Waals surface area contributed by atoms with Crippen LogP contribution in [0.2, 0.25) is 0 Å². The summed E-state index contributed by atoms with van der Waals surface area (Å²) < 4.78 is 10.7. The lowest BCUT2D eigenvalue weighted by molar-refractivity contribution is -0.143. The molecule has 1 aromatic rings. The second kappa shape index (κ2) is 6.75. The van der Waals surface area contributed by atoms with E-state index >= 15 is 0 Å². The van der Waals surface area contributed by atoms with Crippen LogP contribution in [-0.4, -0.2) is 25.2 Å². The van der Waals surface area contributed by atoms with Gasteiger partial charge in [-0.15, -0.1) is 0 Å². The third-order valence-corrected chi connectivity index (χ3v) is 3.53. The standard InChI is InChI=1S/C16H23NO3/c1-3-19-15-8-11(5-6-16(18)20-4-2)7-12-9-13(17)10-14(12)15/h7-8,13H,3-6,9-10,17H2,1-2H3. The summed E-state index contributed by atoms with van der Waals surface area (Å²) in [7, 11) is 0. The maximum atomic E-state index is 11.4. The quantitative estimate of drug-likeness (QED) is 0.808. The minimum atomic E-state index is -0.150. The van der Waals surface area contributed by atoms with E-state index in [1.165, 1.54) is 11.1 Å². The number of fused-ring (bicyclic) bond motifs is 1. The van der Waals surface area contributed by atoms with Crippen molar-refractivity contribution in [3.63, 3.8) is 0 Å². The number of aryl methyl sites for hydroxylation is 1. The van der Waals surface area contributed by atoms with Crippen LogP contribution in [-0.2, 0) is 28.8 Å². The van der Waals surface area contributed by atoms with Crippen molar-refractivity contribution in [2.45, 2.75) is 45.6 Å². The number of ether oxygens (including phenoxy) is 2. The molecule has 1 aliphatic carbocycles. The van der Waals surface area contributed by atoms with Crippen LogP contribution in [0.25, 0.3) is 0 Å². The Labute approximate surface area is 120 Å². The van der Waals surface area contributed by atoms with E-state index in [0.717, 1.165) is 24.2 Å². The van der Waals surface area contributed by atoms with E-state index in [4.69, 9.17) is 15.2 Å². The van der Waals surface area contributed by atoms with Gasteiger partial charge in [0.1, 0.15) is 5.75 Å². The molecule has 0 amide bonds. The fraction of sp³-hybridized carbons (Fsp3) is 0.562. The number of esters is 1. The molecule has 0 saturated carbocycles. The van der Waals surface area contributed by atoms with E-state index < -0.39 is 0 Å². The maximum Gasteiger partial charge on any atom is 0.306 e. The number of carbonyl (C=O) groups excluding carboxylic acids is 1. The average molecular weight is 277 g/mol. The summed E-state index contributed by atoms with van der Waals surface area (Å²) in [5.74, 6) is 0.777. The topological polar surface area (TPSA) is 61.5 Å². The van der Waals surface area contributed by atoms with Gasteiger partial charge in [-0.2, -0.15) is 0 Å². The molecule has 1 unspecified atom stereocenters. The van der Waals surface area contributed by atoms with Crippen LogP contribution >= 0.6 is 0 Å². The van der Waals surface area contributed by atoms with E-state index in [1.807, 2.05) is 19.9 Å². The lowest BCUT2D eigenvalue weighted by Crippen LogP contribution is -2.19. The van der Waals surface area contributed by atoms with Gasteiger partial charge in [-0.3, -0.25) is 4.79 Å². The zero-order chi connectivity index (χ0) is 14.5. The fourth-order valence-electron chi connectivity index (χ4n) is 2.71. The monoisotopic (exact) mass is 277 g/mol. The molecule has 0 heterocycles. The smallest absolute Gasteiger partial charge is 0.306 e. The van der Waals surface area contributed by atoms with Gasteiger partial charge in [0.15, 0.2) is 0 Å². The van der Waals surface area contributed by atoms with Gasteiger partial charge in [0.05, 0.1) is 13.2 Å². The molecule has 2 N–H and O–H groups in total. The molecule has 4 nitrogen and oxygen atoms in total. The minimum Gasteiger partial charge on any atom is -0.494 e. The van der Waals surface area contributed by atoms with Crippen LogP contribution in [0.1, 0.15) is 37.0 Å². The first-order chi connectivity index (χ1) is 9.63. The number of carbonyl (C=O) groups is 1. The molecule has 0 spiro atoms. The van der Waals surface area contributed by atoms with Crippen molar-refractivity contribution in [2.24, 2.45) is 5.73 Å². The minimum absolute atomic E-state index is 0.150. The van der Waals surface area contributed by atoms with Crippen molar-refractivity contribution in [1.82, 2.24) is 0 Å². The molecule has 1 aliphatic rings. The highest BCUT2D eigenvalue weighted by Crippen LogP contribution is 2.32. The second-order valence-corrected chi connectivity index (χ2v) is 5.14. The first-order valence-electron chi connectivity index (χ1n) is 7.32. The molecule has 0 aliphatic heterocycles. The zero-order valence-corrected chi connectivity index (χ0v) is 12.3. The summed E-state index contributed by atoms with van der Waals surface area (Å²) in [6.07, 6.45) is 2.86. The van der Waals surface area contributed by atoms with Gasteiger partial charge in [0.2, 0.25) is 0 Å². The third-order valence-electron chi connectivity index (χ3n) is 3.53. The van der Waals surface area contributed by atoms with Crippen LogP contribution in [0, 0.1) is 0 Å². The molecular weight excluding hydrogens is 254 g/mol. The van der Waals surface area contributed by atoms with Gasteiger partial charge in [0, 0.05) is 12.5 Å². The molecule has 20 heavy (non-hydrogen) atoms. The number of benzene rings is 1. The van der Waals surface area contributed by atoms with Gasteiger partial charge in [-0.1, -0.05) is 6.07 Å². The summed E-state index contributed by atoms with van der Waals surface area (Å²) in [4.78, 5) is 11.4. The maximum absolute atomic E-state index is 11.4. The lowest BCUT2D eigenvalue weighted by Gasteiger charge is -2.12. The van der Waals surface area contributed by atoms with Gasteiger partial charge < -0.3 is 15.2 Å². The first-order valence-corrected chi connectivity index (χ1v) is 7.32. The number of rotatable bonds is 6. The molecule has 1 atom stereocenters. The predicted octanol–water partition coefficient (Wildman–Crippen LogP) is 2.01. The Morgan fingerprint density at radius 1 is 1.30 bits per heavy atom. The van der Waals surface area contributed by atoms with E-state index in [0.29, 0.717) is 26.1 Å². The van der Waals surface area contributed by atoms with E-state index in [1.54, 1.807) is 0 Å². The molecule has 0 saturated heterocycles. The fourth-order valence-corrected chi connectivity index (χ4v) is 2.71. The highest BCUT2D eigenvalue weighted by molar-refractivity contribution is 5.69. The highest BCUT2D eigenvalue weighted by Gasteiger charge is 2.23. The van der Waals surface area contributed by atoms with Gasteiger partial charge in [-0.25, -0.2) is 0 Å². The summed E-state index contributed by atoms with van der Waals surface area (Å²) in [6.45, 7) is 4.87. The molecular formula is C16H23NO3. The van der Waals surface area contributed by atoms with E-state index in [-0.39, 0.29) is 12.0 Å². The summed E-state index contributed by atoms with van der Waals surface area (Å²) in [6, 6.07) is 4.38. The van der Waals surface area contributed by atoms with E-state index in [2.05, 4.69) is 6.07 Å². The first kappa shape index (κ1) is 14.9. The van der Waals surface area contributed by atoms with Gasteiger partial charge in [0.25, 0.3) is 0 Å². The van der Waals surface area contributed by atoms with Crippen molar-refractivity contribution in [1.29, 1.82) is 0 Å². The zero-order valence-electron chi connectivity index (χ0n) is 12.3. The van der Waals surface area contributed by atoms with Crippen LogP contribution in [0.15, 0.2) is 12.1 Å². The predicted molar refractivity (Wildman–Crippen MR) is 77.9 cm³/mol. The SMILES string of the molecule is CCOC(=O)CCc1cc2c(c(OCC)c1)CC(N)C2. The Hall–Kier alpha value is -1.55. The Morgan fingerprint density at radius 2 is 2.10 bits per heavy atom. The molecule has 0 fully saturated rings.